The van der Waals surface area contributed by atoms with E-state index in [-0.39, 0.29) is 23.5 Å². The Bertz CT molecular complexity index is 866. The van der Waals surface area contributed by atoms with Gasteiger partial charge in [0.2, 0.25) is 5.91 Å². The first-order valence-corrected chi connectivity index (χ1v) is 9.86. The smallest absolute Gasteiger partial charge is 0.223 e. The molecule has 6 heteroatoms. The van der Waals surface area contributed by atoms with E-state index in [1.807, 2.05) is 4.90 Å². The van der Waals surface area contributed by atoms with E-state index in [0.29, 0.717) is 36.5 Å². The van der Waals surface area contributed by atoms with Crippen LogP contribution in [0.15, 0.2) is 42.5 Å². The van der Waals surface area contributed by atoms with Crippen molar-refractivity contribution in [3.63, 3.8) is 0 Å². The quantitative estimate of drug-likeness (QED) is 0.482. The summed E-state index contributed by atoms with van der Waals surface area (Å²) in [6.07, 6.45) is 2.80. The highest BCUT2D eigenvalue weighted by atomic mass is 19.1. The van der Waals surface area contributed by atoms with Gasteiger partial charge in [-0.05, 0) is 62.1 Å². The van der Waals surface area contributed by atoms with Gasteiger partial charge in [0.15, 0.2) is 17.3 Å². The molecular weight excluding hydrogens is 373 g/mol. The summed E-state index contributed by atoms with van der Waals surface area (Å²) in [4.78, 5) is 26.0. The number of carbonyl (C=O) groups is 2. The fourth-order valence-electron chi connectivity index (χ4n) is 3.65. The van der Waals surface area contributed by atoms with Crippen LogP contribution in [-0.2, 0) is 4.79 Å². The van der Waals surface area contributed by atoms with Crippen LogP contribution in [0, 0.1) is 5.82 Å². The van der Waals surface area contributed by atoms with E-state index in [0.717, 1.165) is 24.9 Å². The van der Waals surface area contributed by atoms with Crippen molar-refractivity contribution in [3.8, 4) is 11.5 Å². The molecule has 0 spiro atoms. The van der Waals surface area contributed by atoms with Crippen molar-refractivity contribution < 1.29 is 23.5 Å². The lowest BCUT2D eigenvalue weighted by Crippen LogP contribution is -2.30. The zero-order valence-corrected chi connectivity index (χ0v) is 16.8. The maximum Gasteiger partial charge on any atom is 0.223 e. The number of halogens is 1. The van der Waals surface area contributed by atoms with Crippen molar-refractivity contribution in [3.05, 3.63) is 59.4 Å². The molecule has 2 aromatic rings. The molecule has 1 heterocycles. The molecular formula is C23H26FNO4. The van der Waals surface area contributed by atoms with E-state index >= 15 is 0 Å². The molecule has 154 valence electrons. The van der Waals surface area contributed by atoms with Crippen LogP contribution in [0.5, 0.6) is 11.5 Å². The molecule has 0 bridgehead atoms. The maximum atomic E-state index is 13.2. The third-order valence-corrected chi connectivity index (χ3v) is 5.19. The molecule has 0 saturated carbocycles. The van der Waals surface area contributed by atoms with Crippen LogP contribution < -0.4 is 9.47 Å². The second kappa shape index (κ2) is 9.54. The summed E-state index contributed by atoms with van der Waals surface area (Å²) in [5.41, 5.74) is 1.54. The molecule has 1 unspecified atom stereocenters. The van der Waals surface area contributed by atoms with Gasteiger partial charge in [-0.15, -0.1) is 0 Å². The number of Topliss-reactive ketones (excluding diaryl/α,β-unsaturated/α-hetero) is 1. The van der Waals surface area contributed by atoms with E-state index < -0.39 is 0 Å². The molecule has 1 fully saturated rings. The Kier molecular flexibility index (Phi) is 6.86. The minimum absolute atomic E-state index is 0.0169. The number of likely N-dealkylation sites (tertiary alicyclic amines) is 1. The Labute approximate surface area is 170 Å². The lowest BCUT2D eigenvalue weighted by Gasteiger charge is -2.25. The molecule has 0 radical (unpaired) electrons. The second-order valence-electron chi connectivity index (χ2n) is 7.17. The number of benzene rings is 2. The third kappa shape index (κ3) is 5.13. The number of hydrogen-bond acceptors (Lipinski definition) is 4. The number of carbonyl (C=O) groups excluding carboxylic acids is 2. The first-order valence-electron chi connectivity index (χ1n) is 9.86. The number of amides is 1. The fourth-order valence-corrected chi connectivity index (χ4v) is 3.65. The van der Waals surface area contributed by atoms with Gasteiger partial charge in [-0.25, -0.2) is 4.39 Å². The number of ether oxygens (including phenoxy) is 2. The average Bonchev–Trinajstić information content (AvgIpc) is 3.21. The molecule has 0 aromatic heterocycles. The number of hydrogen-bond donors (Lipinski definition) is 0. The Hall–Kier alpha value is -2.89. The molecule has 1 amide bonds. The van der Waals surface area contributed by atoms with Crippen molar-refractivity contribution in [2.24, 2.45) is 0 Å². The van der Waals surface area contributed by atoms with Gasteiger partial charge in [0.1, 0.15) is 5.82 Å². The standard InChI is InChI=1S/C23H26FNO4/c1-16(26)18-9-12-21(22(15-18)28-2)29-14-4-6-23(27)25-13-3-5-20(25)17-7-10-19(24)11-8-17/h7-12,15,20H,3-6,13-14H2,1-2H3. The molecule has 2 aromatic carbocycles. The number of methoxy groups -OCH3 is 1. The molecule has 1 aliphatic heterocycles. The predicted molar refractivity (Wildman–Crippen MR) is 108 cm³/mol. The van der Waals surface area contributed by atoms with Gasteiger partial charge in [-0.2, -0.15) is 0 Å². The van der Waals surface area contributed by atoms with E-state index in [1.165, 1.54) is 26.2 Å². The monoisotopic (exact) mass is 399 g/mol. The summed E-state index contributed by atoms with van der Waals surface area (Å²) >= 11 is 0. The summed E-state index contributed by atoms with van der Waals surface area (Å²) in [5.74, 6) is 0.824. The highest BCUT2D eigenvalue weighted by molar-refractivity contribution is 5.94. The van der Waals surface area contributed by atoms with Gasteiger partial charge < -0.3 is 14.4 Å². The number of rotatable bonds is 8. The Morgan fingerprint density at radius 2 is 1.90 bits per heavy atom. The van der Waals surface area contributed by atoms with Crippen molar-refractivity contribution >= 4 is 11.7 Å². The van der Waals surface area contributed by atoms with Crippen molar-refractivity contribution in [1.29, 1.82) is 0 Å². The van der Waals surface area contributed by atoms with Crippen molar-refractivity contribution in [1.82, 2.24) is 4.90 Å². The fraction of sp³-hybridized carbons (Fsp3) is 0.391. The largest absolute Gasteiger partial charge is 0.493 e. The van der Waals surface area contributed by atoms with Crippen molar-refractivity contribution in [2.45, 2.75) is 38.6 Å². The summed E-state index contributed by atoms with van der Waals surface area (Å²) in [5, 5.41) is 0. The van der Waals surface area contributed by atoms with Gasteiger partial charge >= 0.3 is 0 Å². The van der Waals surface area contributed by atoms with Crippen LogP contribution in [0.25, 0.3) is 0 Å². The highest BCUT2D eigenvalue weighted by Gasteiger charge is 2.29. The molecule has 29 heavy (non-hydrogen) atoms. The number of nitrogens with zero attached hydrogens (tertiary/aromatic N) is 1. The molecule has 3 rings (SSSR count). The van der Waals surface area contributed by atoms with Gasteiger partial charge in [-0.3, -0.25) is 9.59 Å². The summed E-state index contributed by atoms with van der Waals surface area (Å²) in [6.45, 7) is 2.59. The molecule has 0 N–H and O–H groups in total. The first kappa shape index (κ1) is 20.8. The second-order valence-corrected chi connectivity index (χ2v) is 7.17. The minimum atomic E-state index is -0.270. The Morgan fingerprint density at radius 1 is 1.14 bits per heavy atom. The highest BCUT2D eigenvalue weighted by Crippen LogP contribution is 2.33. The predicted octanol–water partition coefficient (Wildman–Crippen LogP) is 4.56. The SMILES string of the molecule is COc1cc(C(C)=O)ccc1OCCCC(=O)N1CCCC1c1ccc(F)cc1. The van der Waals surface area contributed by atoms with E-state index in [9.17, 15) is 14.0 Å². The Balaban J connectivity index is 1.52. The van der Waals surface area contributed by atoms with Crippen LogP contribution in [0.1, 0.15) is 54.6 Å². The lowest BCUT2D eigenvalue weighted by molar-refractivity contribution is -0.132. The van der Waals surface area contributed by atoms with Crippen LogP contribution in [0.4, 0.5) is 4.39 Å². The number of ketones is 1. The zero-order valence-electron chi connectivity index (χ0n) is 16.8. The topological polar surface area (TPSA) is 55.8 Å². The van der Waals surface area contributed by atoms with E-state index in [4.69, 9.17) is 9.47 Å². The van der Waals surface area contributed by atoms with E-state index in [2.05, 4.69) is 0 Å². The van der Waals surface area contributed by atoms with E-state index in [1.54, 1.807) is 30.3 Å². The summed E-state index contributed by atoms with van der Waals surface area (Å²) in [6, 6.07) is 11.5. The first-order chi connectivity index (χ1) is 14.0. The molecule has 1 aliphatic rings. The van der Waals surface area contributed by atoms with Gasteiger partial charge in [0.05, 0.1) is 19.8 Å². The molecule has 1 atom stereocenters. The van der Waals surface area contributed by atoms with Crippen LogP contribution >= 0.6 is 0 Å². The normalized spacial score (nSPS) is 16.0. The average molecular weight is 399 g/mol. The minimum Gasteiger partial charge on any atom is -0.493 e. The van der Waals surface area contributed by atoms with Crippen molar-refractivity contribution in [2.75, 3.05) is 20.3 Å². The zero-order chi connectivity index (χ0) is 20.8. The van der Waals surface area contributed by atoms with Gasteiger partial charge in [-0.1, -0.05) is 12.1 Å². The Morgan fingerprint density at radius 3 is 2.59 bits per heavy atom. The van der Waals surface area contributed by atoms with Crippen LogP contribution in [-0.4, -0.2) is 36.9 Å². The van der Waals surface area contributed by atoms with Gasteiger partial charge in [0, 0.05) is 18.5 Å². The molecule has 1 saturated heterocycles. The molecule has 0 aliphatic carbocycles. The third-order valence-electron chi connectivity index (χ3n) is 5.19. The van der Waals surface area contributed by atoms with Crippen LogP contribution in [0.3, 0.4) is 0 Å². The molecule has 5 nitrogen and oxygen atoms in total. The lowest BCUT2D eigenvalue weighted by atomic mass is 10.0. The summed E-state index contributed by atoms with van der Waals surface area (Å²) < 4.78 is 24.2. The van der Waals surface area contributed by atoms with Crippen LogP contribution in [0.2, 0.25) is 0 Å². The maximum absolute atomic E-state index is 13.2. The summed E-state index contributed by atoms with van der Waals surface area (Å²) in [7, 11) is 1.53. The van der Waals surface area contributed by atoms with Gasteiger partial charge in [0.25, 0.3) is 0 Å².